The quantitative estimate of drug-likeness (QED) is 0.744. The van der Waals surface area contributed by atoms with Gasteiger partial charge in [-0.3, -0.25) is 4.98 Å². The average molecular weight is 282 g/mol. The Morgan fingerprint density at radius 3 is 2.90 bits per heavy atom. The van der Waals surface area contributed by atoms with Crippen LogP contribution >= 0.6 is 11.8 Å². The fraction of sp³-hybridized carbons (Fsp3) is 0.133. The molecule has 1 N–H and O–H groups in total. The summed E-state index contributed by atoms with van der Waals surface area (Å²) in [5.74, 6) is 1.73. The zero-order chi connectivity index (χ0) is 13.8. The molecule has 0 atom stereocenters. The van der Waals surface area contributed by atoms with Crippen LogP contribution in [0.15, 0.2) is 53.9 Å². The first-order valence-corrected chi connectivity index (χ1v) is 7.30. The Morgan fingerprint density at radius 2 is 2.10 bits per heavy atom. The molecule has 0 aliphatic rings. The lowest BCUT2D eigenvalue weighted by Gasteiger charge is -2.09. The molecule has 0 unspecified atom stereocenters. The van der Waals surface area contributed by atoms with Gasteiger partial charge in [-0.1, -0.05) is 30.0 Å². The normalized spacial score (nSPS) is 10.7. The minimum Gasteiger partial charge on any atom is -0.373 e. The van der Waals surface area contributed by atoms with E-state index in [0.717, 1.165) is 27.5 Å². The van der Waals surface area contributed by atoms with Gasteiger partial charge in [0.15, 0.2) is 0 Å². The van der Waals surface area contributed by atoms with E-state index in [0.29, 0.717) is 0 Å². The summed E-state index contributed by atoms with van der Waals surface area (Å²) in [6.45, 7) is 0. The van der Waals surface area contributed by atoms with Crippen LogP contribution in [0.5, 0.6) is 0 Å². The number of rotatable bonds is 4. The molecule has 20 heavy (non-hydrogen) atoms. The van der Waals surface area contributed by atoms with Gasteiger partial charge < -0.3 is 5.32 Å². The van der Waals surface area contributed by atoms with Gasteiger partial charge in [0.1, 0.15) is 10.8 Å². The summed E-state index contributed by atoms with van der Waals surface area (Å²) in [5, 5.41) is 5.24. The first-order valence-electron chi connectivity index (χ1n) is 6.32. The van der Waals surface area contributed by atoms with Crippen LogP contribution in [0, 0.1) is 0 Å². The lowest BCUT2D eigenvalue weighted by atomic mass is 10.1. The van der Waals surface area contributed by atoms with Crippen molar-refractivity contribution in [3.8, 4) is 0 Å². The maximum atomic E-state index is 4.65. The van der Waals surface area contributed by atoms with E-state index >= 15 is 0 Å². The van der Waals surface area contributed by atoms with Gasteiger partial charge in [0.25, 0.3) is 0 Å². The van der Waals surface area contributed by atoms with E-state index in [4.69, 9.17) is 0 Å². The Hall–Kier alpha value is -2.14. The number of fused-ring (bicyclic) bond motifs is 1. The second-order valence-electron chi connectivity index (χ2n) is 4.27. The number of anilines is 1. The molecule has 0 bridgehead atoms. The zero-order valence-corrected chi connectivity index (χ0v) is 11.9. The predicted octanol–water partition coefficient (Wildman–Crippen LogP) is 3.36. The lowest BCUT2D eigenvalue weighted by Crippen LogP contribution is -1.98. The molecular formula is C15H14N4S. The fourth-order valence-electron chi connectivity index (χ4n) is 2.00. The Balaban J connectivity index is 1.90. The van der Waals surface area contributed by atoms with Gasteiger partial charge in [0, 0.05) is 36.1 Å². The number of pyridine rings is 1. The van der Waals surface area contributed by atoms with Gasteiger partial charge in [-0.2, -0.15) is 0 Å². The molecule has 0 saturated carbocycles. The molecule has 0 aliphatic carbocycles. The molecule has 0 saturated heterocycles. The van der Waals surface area contributed by atoms with Crippen molar-refractivity contribution in [2.24, 2.45) is 0 Å². The van der Waals surface area contributed by atoms with Crippen molar-refractivity contribution in [2.75, 3.05) is 12.4 Å². The van der Waals surface area contributed by atoms with Crippen molar-refractivity contribution in [1.29, 1.82) is 0 Å². The molecular weight excluding hydrogens is 268 g/mol. The summed E-state index contributed by atoms with van der Waals surface area (Å²) < 4.78 is 0. The third kappa shape index (κ3) is 2.72. The second kappa shape index (κ2) is 5.88. The first-order chi connectivity index (χ1) is 9.86. The Kier molecular flexibility index (Phi) is 3.78. The SMILES string of the molecule is CNc1nc2ccccc2cc1CSc1cnccn1. The monoisotopic (exact) mass is 282 g/mol. The van der Waals surface area contributed by atoms with Crippen molar-refractivity contribution in [2.45, 2.75) is 10.8 Å². The average Bonchev–Trinajstić information content (AvgIpc) is 2.53. The van der Waals surface area contributed by atoms with E-state index in [1.165, 1.54) is 5.56 Å². The standard InChI is InChI=1S/C15H14N4S/c1-16-15-12(10-20-14-9-17-6-7-18-14)8-11-4-2-3-5-13(11)19-15/h2-9H,10H2,1H3,(H,16,19). The van der Waals surface area contributed by atoms with Crippen LogP contribution in [0.3, 0.4) is 0 Å². The third-order valence-corrected chi connectivity index (χ3v) is 3.92. The molecule has 3 rings (SSSR count). The molecule has 2 aromatic heterocycles. The smallest absolute Gasteiger partial charge is 0.130 e. The van der Waals surface area contributed by atoms with Crippen molar-refractivity contribution in [1.82, 2.24) is 15.0 Å². The summed E-state index contributed by atoms with van der Waals surface area (Å²) in [6.07, 6.45) is 5.17. The number of nitrogens with zero attached hydrogens (tertiary/aromatic N) is 3. The Bertz CT molecular complexity index is 715. The fourth-order valence-corrected chi connectivity index (χ4v) is 2.79. The van der Waals surface area contributed by atoms with Crippen LogP contribution < -0.4 is 5.32 Å². The van der Waals surface area contributed by atoms with Crippen LogP contribution in [0.25, 0.3) is 10.9 Å². The van der Waals surface area contributed by atoms with Gasteiger partial charge in [-0.25, -0.2) is 9.97 Å². The second-order valence-corrected chi connectivity index (χ2v) is 5.27. The Labute approximate surface area is 121 Å². The highest BCUT2D eigenvalue weighted by Gasteiger charge is 2.06. The van der Waals surface area contributed by atoms with Gasteiger partial charge in [0.05, 0.1) is 11.7 Å². The van der Waals surface area contributed by atoms with Gasteiger partial charge >= 0.3 is 0 Å². The van der Waals surface area contributed by atoms with Crippen LogP contribution in [0.1, 0.15) is 5.56 Å². The molecule has 0 radical (unpaired) electrons. The molecule has 0 aliphatic heterocycles. The topological polar surface area (TPSA) is 50.7 Å². The number of hydrogen-bond donors (Lipinski definition) is 1. The van der Waals surface area contributed by atoms with E-state index in [1.54, 1.807) is 30.4 Å². The number of hydrogen-bond acceptors (Lipinski definition) is 5. The van der Waals surface area contributed by atoms with Crippen molar-refractivity contribution < 1.29 is 0 Å². The minimum absolute atomic E-state index is 0.812. The summed E-state index contributed by atoms with van der Waals surface area (Å²) in [4.78, 5) is 13.0. The van der Waals surface area contributed by atoms with Crippen LogP contribution in [0.4, 0.5) is 5.82 Å². The zero-order valence-electron chi connectivity index (χ0n) is 11.1. The van der Waals surface area contributed by atoms with Gasteiger partial charge in [0.2, 0.25) is 0 Å². The largest absolute Gasteiger partial charge is 0.373 e. The highest BCUT2D eigenvalue weighted by Crippen LogP contribution is 2.26. The molecule has 0 spiro atoms. The summed E-state index contributed by atoms with van der Waals surface area (Å²) in [7, 11) is 1.90. The van der Waals surface area contributed by atoms with Gasteiger partial charge in [-0.15, -0.1) is 0 Å². The van der Waals surface area contributed by atoms with E-state index in [1.807, 2.05) is 25.2 Å². The van der Waals surface area contributed by atoms with Crippen LogP contribution in [-0.4, -0.2) is 22.0 Å². The number of benzene rings is 1. The molecule has 100 valence electrons. The molecule has 4 nitrogen and oxygen atoms in total. The highest BCUT2D eigenvalue weighted by atomic mass is 32.2. The van der Waals surface area contributed by atoms with E-state index < -0.39 is 0 Å². The van der Waals surface area contributed by atoms with E-state index in [2.05, 4.69) is 32.4 Å². The Morgan fingerprint density at radius 1 is 1.20 bits per heavy atom. The molecule has 0 fully saturated rings. The third-order valence-electron chi connectivity index (χ3n) is 2.95. The summed E-state index contributed by atoms with van der Waals surface area (Å²) in [5.41, 5.74) is 2.17. The van der Waals surface area contributed by atoms with Crippen molar-refractivity contribution in [3.63, 3.8) is 0 Å². The number of para-hydroxylation sites is 1. The van der Waals surface area contributed by atoms with E-state index in [9.17, 15) is 0 Å². The first kappa shape index (κ1) is 12.9. The predicted molar refractivity (Wildman–Crippen MR) is 82.9 cm³/mol. The maximum absolute atomic E-state index is 4.65. The van der Waals surface area contributed by atoms with Crippen molar-refractivity contribution in [3.05, 3.63) is 54.5 Å². The van der Waals surface area contributed by atoms with E-state index in [-0.39, 0.29) is 0 Å². The number of nitrogens with one attached hydrogen (secondary N) is 1. The molecule has 1 aromatic carbocycles. The molecule has 5 heteroatoms. The number of aromatic nitrogens is 3. The minimum atomic E-state index is 0.812. The van der Waals surface area contributed by atoms with Crippen LogP contribution in [0.2, 0.25) is 0 Å². The lowest BCUT2D eigenvalue weighted by molar-refractivity contribution is 1.05. The van der Waals surface area contributed by atoms with Gasteiger partial charge in [-0.05, 0) is 12.1 Å². The highest BCUT2D eigenvalue weighted by molar-refractivity contribution is 7.98. The van der Waals surface area contributed by atoms with Crippen molar-refractivity contribution >= 4 is 28.5 Å². The molecule has 2 heterocycles. The van der Waals surface area contributed by atoms with Crippen LogP contribution in [-0.2, 0) is 5.75 Å². The molecule has 3 aromatic rings. The summed E-state index contributed by atoms with van der Waals surface area (Å²) in [6, 6.07) is 10.3. The number of thioether (sulfide) groups is 1. The summed E-state index contributed by atoms with van der Waals surface area (Å²) >= 11 is 1.66. The molecule has 0 amide bonds. The maximum Gasteiger partial charge on any atom is 0.130 e.